The first-order valence-electron chi connectivity index (χ1n) is 3.86. The minimum atomic E-state index is 0.384. The zero-order valence-electron chi connectivity index (χ0n) is 7.39. The van der Waals surface area contributed by atoms with Gasteiger partial charge in [-0.1, -0.05) is 12.0 Å². The first kappa shape index (κ1) is 8.76. The van der Waals surface area contributed by atoms with Gasteiger partial charge in [-0.15, -0.1) is 0 Å². The third kappa shape index (κ3) is 2.08. The van der Waals surface area contributed by atoms with E-state index in [2.05, 4.69) is 22.9 Å². The highest BCUT2D eigenvalue weighted by Gasteiger charge is 1.94. The smallest absolute Gasteiger partial charge is 0.116 e. The largest absolute Gasteiger partial charge is 0.320 e. The highest BCUT2D eigenvalue weighted by atomic mass is 14.7. The van der Waals surface area contributed by atoms with Crippen molar-refractivity contribution in [3.05, 3.63) is 29.1 Å². The lowest BCUT2D eigenvalue weighted by Crippen LogP contribution is -1.94. The minimum Gasteiger partial charge on any atom is -0.320 e. The second-order valence-corrected chi connectivity index (χ2v) is 2.68. The first-order valence-corrected chi connectivity index (χ1v) is 3.86. The molecule has 12 heavy (non-hydrogen) atoms. The number of hydrogen-bond donors (Lipinski definition) is 1. The maximum Gasteiger partial charge on any atom is 0.116 e. The highest BCUT2D eigenvalue weighted by Crippen LogP contribution is 2.04. The van der Waals surface area contributed by atoms with Gasteiger partial charge in [0.1, 0.15) is 5.69 Å². The molecule has 62 valence electrons. The fraction of sp³-hybridized carbons (Fsp3) is 0.300. The lowest BCUT2D eigenvalue weighted by molar-refractivity contribution is 1.19. The number of aromatic nitrogens is 1. The number of aryl methyl sites for hydroxylation is 2. The fourth-order valence-electron chi connectivity index (χ4n) is 0.981. The van der Waals surface area contributed by atoms with Gasteiger partial charge in [0, 0.05) is 6.20 Å². The van der Waals surface area contributed by atoms with E-state index in [1.807, 2.05) is 20.0 Å². The van der Waals surface area contributed by atoms with Crippen molar-refractivity contribution in [2.24, 2.45) is 5.73 Å². The fourth-order valence-corrected chi connectivity index (χ4v) is 0.981. The van der Waals surface area contributed by atoms with Crippen LogP contribution in [0.4, 0.5) is 0 Å². The summed E-state index contributed by atoms with van der Waals surface area (Å²) in [6.07, 6.45) is 1.81. The molecule has 0 bridgehead atoms. The van der Waals surface area contributed by atoms with Crippen molar-refractivity contribution in [3.8, 4) is 11.8 Å². The van der Waals surface area contributed by atoms with Crippen LogP contribution in [0.1, 0.15) is 16.8 Å². The molecule has 0 aromatic carbocycles. The molecule has 0 saturated carbocycles. The van der Waals surface area contributed by atoms with Gasteiger partial charge in [-0.2, -0.15) is 0 Å². The summed E-state index contributed by atoms with van der Waals surface area (Å²) < 4.78 is 0. The molecular formula is C10H12N2. The molecular weight excluding hydrogens is 148 g/mol. The van der Waals surface area contributed by atoms with E-state index in [1.54, 1.807) is 0 Å². The molecule has 0 atom stereocenters. The Hall–Kier alpha value is -1.33. The van der Waals surface area contributed by atoms with Gasteiger partial charge < -0.3 is 5.73 Å². The maximum absolute atomic E-state index is 5.25. The van der Waals surface area contributed by atoms with Crippen LogP contribution in [0.15, 0.2) is 12.3 Å². The molecule has 0 saturated heterocycles. The molecule has 1 heterocycles. The quantitative estimate of drug-likeness (QED) is 0.575. The molecule has 0 fully saturated rings. The van der Waals surface area contributed by atoms with E-state index < -0.39 is 0 Å². The Morgan fingerprint density at radius 1 is 1.50 bits per heavy atom. The average Bonchev–Trinajstić information content (AvgIpc) is 2.03. The van der Waals surface area contributed by atoms with E-state index in [0.717, 1.165) is 16.8 Å². The molecule has 1 aromatic heterocycles. The number of pyridine rings is 1. The van der Waals surface area contributed by atoms with Crippen LogP contribution in [-0.4, -0.2) is 11.5 Å². The van der Waals surface area contributed by atoms with Crippen LogP contribution in [0.25, 0.3) is 0 Å². The predicted molar refractivity (Wildman–Crippen MR) is 49.6 cm³/mol. The Kier molecular flexibility index (Phi) is 2.84. The molecule has 2 heteroatoms. The maximum atomic E-state index is 5.25. The van der Waals surface area contributed by atoms with Gasteiger partial charge in [0.25, 0.3) is 0 Å². The Balaban J connectivity index is 3.01. The van der Waals surface area contributed by atoms with Crippen LogP contribution in [0.3, 0.4) is 0 Å². The SMILES string of the molecule is Cc1cnc(C#CCN)c(C)c1. The van der Waals surface area contributed by atoms with E-state index >= 15 is 0 Å². The molecule has 1 aromatic rings. The number of hydrogen-bond acceptors (Lipinski definition) is 2. The second kappa shape index (κ2) is 3.89. The Morgan fingerprint density at radius 3 is 2.83 bits per heavy atom. The van der Waals surface area contributed by atoms with Gasteiger partial charge in [-0.3, -0.25) is 0 Å². The van der Waals surface area contributed by atoms with Crippen molar-refractivity contribution in [3.63, 3.8) is 0 Å². The van der Waals surface area contributed by atoms with Gasteiger partial charge in [0.05, 0.1) is 6.54 Å². The van der Waals surface area contributed by atoms with Crippen molar-refractivity contribution < 1.29 is 0 Å². The number of nitrogens with zero attached hydrogens (tertiary/aromatic N) is 1. The summed E-state index contributed by atoms with van der Waals surface area (Å²) in [6.45, 7) is 4.40. The summed E-state index contributed by atoms with van der Waals surface area (Å²) in [5.74, 6) is 5.69. The lowest BCUT2D eigenvalue weighted by atomic mass is 10.2. The van der Waals surface area contributed by atoms with Crippen molar-refractivity contribution in [2.75, 3.05) is 6.54 Å². The Morgan fingerprint density at radius 2 is 2.25 bits per heavy atom. The molecule has 0 unspecified atom stereocenters. The van der Waals surface area contributed by atoms with Crippen LogP contribution in [0.5, 0.6) is 0 Å². The summed E-state index contributed by atoms with van der Waals surface area (Å²) in [7, 11) is 0. The normalized spacial score (nSPS) is 8.92. The third-order valence-corrected chi connectivity index (χ3v) is 1.52. The monoisotopic (exact) mass is 160 g/mol. The third-order valence-electron chi connectivity index (χ3n) is 1.52. The van der Waals surface area contributed by atoms with Crippen molar-refractivity contribution in [1.82, 2.24) is 4.98 Å². The van der Waals surface area contributed by atoms with Crippen LogP contribution < -0.4 is 5.73 Å². The minimum absolute atomic E-state index is 0.384. The molecule has 2 N–H and O–H groups in total. The highest BCUT2D eigenvalue weighted by molar-refractivity contribution is 5.36. The van der Waals surface area contributed by atoms with E-state index in [9.17, 15) is 0 Å². The topological polar surface area (TPSA) is 38.9 Å². The Labute approximate surface area is 72.8 Å². The van der Waals surface area contributed by atoms with Crippen molar-refractivity contribution >= 4 is 0 Å². The number of rotatable bonds is 0. The zero-order valence-corrected chi connectivity index (χ0v) is 7.39. The van der Waals surface area contributed by atoms with E-state index in [0.29, 0.717) is 6.54 Å². The van der Waals surface area contributed by atoms with E-state index in [-0.39, 0.29) is 0 Å². The molecule has 0 aliphatic heterocycles. The summed E-state index contributed by atoms with van der Waals surface area (Å²) in [5, 5.41) is 0. The molecule has 0 amide bonds. The standard InChI is InChI=1S/C10H12N2/c1-8-6-9(2)10(12-7-8)4-3-5-11/h6-7H,5,11H2,1-2H3. The molecule has 0 aliphatic rings. The predicted octanol–water partition coefficient (Wildman–Crippen LogP) is 1.01. The molecule has 2 nitrogen and oxygen atoms in total. The van der Waals surface area contributed by atoms with Gasteiger partial charge in [-0.05, 0) is 30.9 Å². The molecule has 0 spiro atoms. The van der Waals surface area contributed by atoms with Crippen LogP contribution in [0, 0.1) is 25.7 Å². The van der Waals surface area contributed by atoms with Gasteiger partial charge >= 0.3 is 0 Å². The molecule has 0 radical (unpaired) electrons. The second-order valence-electron chi connectivity index (χ2n) is 2.68. The van der Waals surface area contributed by atoms with E-state index in [4.69, 9.17) is 5.73 Å². The van der Waals surface area contributed by atoms with Crippen molar-refractivity contribution in [2.45, 2.75) is 13.8 Å². The molecule has 0 aliphatic carbocycles. The summed E-state index contributed by atoms with van der Waals surface area (Å²) >= 11 is 0. The lowest BCUT2D eigenvalue weighted by Gasteiger charge is -1.97. The average molecular weight is 160 g/mol. The molecule has 1 rings (SSSR count). The van der Waals surface area contributed by atoms with Gasteiger partial charge in [0.2, 0.25) is 0 Å². The first-order chi connectivity index (χ1) is 5.74. The van der Waals surface area contributed by atoms with E-state index in [1.165, 1.54) is 0 Å². The number of nitrogens with two attached hydrogens (primary N) is 1. The van der Waals surface area contributed by atoms with Gasteiger partial charge in [-0.25, -0.2) is 4.98 Å². The summed E-state index contributed by atoms with van der Waals surface area (Å²) in [4.78, 5) is 4.19. The summed E-state index contributed by atoms with van der Waals surface area (Å²) in [5.41, 5.74) is 8.35. The van der Waals surface area contributed by atoms with Gasteiger partial charge in [0.15, 0.2) is 0 Å². The summed E-state index contributed by atoms with van der Waals surface area (Å²) in [6, 6.07) is 2.06. The van der Waals surface area contributed by atoms with Crippen LogP contribution >= 0.6 is 0 Å². The van der Waals surface area contributed by atoms with Crippen LogP contribution in [0.2, 0.25) is 0 Å². The Bertz CT molecular complexity index is 331. The van der Waals surface area contributed by atoms with Crippen LogP contribution in [-0.2, 0) is 0 Å². The zero-order chi connectivity index (χ0) is 8.97. The van der Waals surface area contributed by atoms with Crippen molar-refractivity contribution in [1.29, 1.82) is 0 Å².